The average molecular weight is 330 g/mol. The van der Waals surface area contributed by atoms with E-state index in [-0.39, 0.29) is 5.60 Å². The number of thiophene rings is 1. The van der Waals surface area contributed by atoms with Gasteiger partial charge in [-0.2, -0.15) is 0 Å². The van der Waals surface area contributed by atoms with Crippen LogP contribution in [-0.2, 0) is 11.2 Å². The van der Waals surface area contributed by atoms with Crippen LogP contribution in [0.5, 0.6) is 0 Å². The number of halogens is 1. The van der Waals surface area contributed by atoms with Crippen LogP contribution in [0.4, 0.5) is 0 Å². The van der Waals surface area contributed by atoms with Crippen molar-refractivity contribution >= 4 is 22.9 Å². The quantitative estimate of drug-likeness (QED) is 0.707. The molecule has 0 spiro atoms. The van der Waals surface area contributed by atoms with E-state index < -0.39 is 0 Å². The molecule has 1 atom stereocenters. The molecule has 1 saturated carbocycles. The van der Waals surface area contributed by atoms with Crippen LogP contribution in [0.1, 0.15) is 57.2 Å². The van der Waals surface area contributed by atoms with Gasteiger partial charge in [0.25, 0.3) is 0 Å². The van der Waals surface area contributed by atoms with Gasteiger partial charge in [0.05, 0.1) is 9.94 Å². The van der Waals surface area contributed by atoms with Crippen molar-refractivity contribution in [3.63, 3.8) is 0 Å². The molecule has 1 unspecified atom stereocenters. The van der Waals surface area contributed by atoms with E-state index in [1.165, 1.54) is 43.4 Å². The lowest BCUT2D eigenvalue weighted by molar-refractivity contribution is -0.0762. The van der Waals surface area contributed by atoms with Crippen molar-refractivity contribution in [1.82, 2.24) is 5.32 Å². The lowest BCUT2D eigenvalue weighted by Gasteiger charge is -2.40. The van der Waals surface area contributed by atoms with Crippen LogP contribution < -0.4 is 5.32 Å². The maximum atomic E-state index is 6.35. The van der Waals surface area contributed by atoms with Gasteiger partial charge in [-0.25, -0.2) is 0 Å². The largest absolute Gasteiger partial charge is 0.374 e. The molecular formula is C17H28ClNOS. The van der Waals surface area contributed by atoms with Gasteiger partial charge in [-0.15, -0.1) is 11.3 Å². The molecule has 0 radical (unpaired) electrons. The summed E-state index contributed by atoms with van der Waals surface area (Å²) in [7, 11) is 0. The Morgan fingerprint density at radius 2 is 1.95 bits per heavy atom. The first-order valence-corrected chi connectivity index (χ1v) is 9.51. The zero-order valence-corrected chi connectivity index (χ0v) is 14.9. The SMILES string of the molecule is CCNC(Cc1ccc(Cl)s1)C1(OCC)CCCCCC1. The van der Waals surface area contributed by atoms with Crippen LogP contribution in [0.3, 0.4) is 0 Å². The Hall–Kier alpha value is -0.0900. The second-order valence-corrected chi connectivity index (χ2v) is 7.73. The summed E-state index contributed by atoms with van der Waals surface area (Å²) in [6.45, 7) is 6.09. The minimum absolute atomic E-state index is 0.00226. The third kappa shape index (κ3) is 4.69. The van der Waals surface area contributed by atoms with E-state index in [2.05, 4.69) is 25.2 Å². The molecule has 1 N–H and O–H groups in total. The van der Waals surface area contributed by atoms with Crippen molar-refractivity contribution < 1.29 is 4.74 Å². The van der Waals surface area contributed by atoms with Crippen LogP contribution in [0.2, 0.25) is 4.34 Å². The fraction of sp³-hybridized carbons (Fsp3) is 0.765. The van der Waals surface area contributed by atoms with Gasteiger partial charge in [-0.1, -0.05) is 44.2 Å². The van der Waals surface area contributed by atoms with Crippen molar-refractivity contribution in [2.75, 3.05) is 13.2 Å². The van der Waals surface area contributed by atoms with Crippen molar-refractivity contribution in [2.24, 2.45) is 0 Å². The topological polar surface area (TPSA) is 21.3 Å². The molecule has 1 aliphatic carbocycles. The first kappa shape index (κ1) is 17.3. The predicted octanol–water partition coefficient (Wildman–Crippen LogP) is 5.05. The Morgan fingerprint density at radius 1 is 1.24 bits per heavy atom. The van der Waals surface area contributed by atoms with Gasteiger partial charge in [0.15, 0.2) is 0 Å². The fourth-order valence-electron chi connectivity index (χ4n) is 3.56. The molecule has 1 aromatic heterocycles. The van der Waals surface area contributed by atoms with Gasteiger partial charge in [-0.05, 0) is 44.9 Å². The van der Waals surface area contributed by atoms with E-state index in [0.717, 1.165) is 23.9 Å². The van der Waals surface area contributed by atoms with E-state index in [0.29, 0.717) is 6.04 Å². The van der Waals surface area contributed by atoms with Crippen LogP contribution >= 0.6 is 22.9 Å². The molecule has 1 fully saturated rings. The second kappa shape index (κ2) is 8.52. The summed E-state index contributed by atoms with van der Waals surface area (Å²) in [6, 6.07) is 4.55. The zero-order chi connectivity index (χ0) is 15.1. The lowest BCUT2D eigenvalue weighted by Crippen LogP contribution is -2.53. The number of nitrogens with one attached hydrogen (secondary N) is 1. The Morgan fingerprint density at radius 3 is 2.48 bits per heavy atom. The summed E-state index contributed by atoms with van der Waals surface area (Å²) in [5.74, 6) is 0. The molecule has 0 aromatic carbocycles. The van der Waals surface area contributed by atoms with Gasteiger partial charge < -0.3 is 10.1 Å². The molecule has 0 amide bonds. The van der Waals surface area contributed by atoms with Gasteiger partial charge in [0.1, 0.15) is 0 Å². The van der Waals surface area contributed by atoms with Crippen molar-refractivity contribution in [2.45, 2.75) is 70.4 Å². The third-order valence-corrected chi connectivity index (χ3v) is 5.75. The highest BCUT2D eigenvalue weighted by atomic mass is 35.5. The molecule has 0 saturated heterocycles. The van der Waals surface area contributed by atoms with Gasteiger partial charge in [-0.3, -0.25) is 0 Å². The van der Waals surface area contributed by atoms with Crippen LogP contribution in [0.25, 0.3) is 0 Å². The van der Waals surface area contributed by atoms with Crippen LogP contribution in [0, 0.1) is 0 Å². The average Bonchev–Trinajstić information content (AvgIpc) is 2.73. The minimum Gasteiger partial charge on any atom is -0.374 e. The molecule has 1 aromatic rings. The standard InChI is InChI=1S/C17H28ClNOS/c1-3-19-15(13-14-9-10-16(18)21-14)17(20-4-2)11-7-5-6-8-12-17/h9-10,15,19H,3-8,11-13H2,1-2H3. The molecule has 2 nitrogen and oxygen atoms in total. The number of likely N-dealkylation sites (N-methyl/N-ethyl adjacent to an activating group) is 1. The van der Waals surface area contributed by atoms with E-state index in [1.807, 2.05) is 6.07 Å². The predicted molar refractivity (Wildman–Crippen MR) is 92.6 cm³/mol. The van der Waals surface area contributed by atoms with E-state index in [4.69, 9.17) is 16.3 Å². The monoisotopic (exact) mass is 329 g/mol. The summed E-state index contributed by atoms with van der Waals surface area (Å²) in [6.07, 6.45) is 8.64. The highest BCUT2D eigenvalue weighted by Gasteiger charge is 2.39. The van der Waals surface area contributed by atoms with Gasteiger partial charge in [0.2, 0.25) is 0 Å². The Balaban J connectivity index is 2.17. The lowest BCUT2D eigenvalue weighted by atomic mass is 9.83. The minimum atomic E-state index is -0.00226. The highest BCUT2D eigenvalue weighted by Crippen LogP contribution is 2.36. The van der Waals surface area contributed by atoms with E-state index >= 15 is 0 Å². The Kier molecular flexibility index (Phi) is 7.00. The van der Waals surface area contributed by atoms with Crippen molar-refractivity contribution in [1.29, 1.82) is 0 Å². The van der Waals surface area contributed by atoms with Gasteiger partial charge >= 0.3 is 0 Å². The molecule has 1 heterocycles. The summed E-state index contributed by atoms with van der Waals surface area (Å²) < 4.78 is 7.23. The molecule has 4 heteroatoms. The number of rotatable bonds is 7. The Bertz CT molecular complexity index is 413. The Labute approximate surface area is 138 Å². The van der Waals surface area contributed by atoms with E-state index in [1.54, 1.807) is 11.3 Å². The maximum absolute atomic E-state index is 6.35. The molecule has 120 valence electrons. The summed E-state index contributed by atoms with van der Waals surface area (Å²) in [5, 5.41) is 3.70. The zero-order valence-electron chi connectivity index (χ0n) is 13.3. The molecule has 0 bridgehead atoms. The third-order valence-electron chi connectivity index (χ3n) is 4.50. The number of ether oxygens (including phenoxy) is 1. The smallest absolute Gasteiger partial charge is 0.0931 e. The summed E-state index contributed by atoms with van der Waals surface area (Å²) in [4.78, 5) is 1.36. The van der Waals surface area contributed by atoms with Crippen LogP contribution in [-0.4, -0.2) is 24.8 Å². The van der Waals surface area contributed by atoms with E-state index in [9.17, 15) is 0 Å². The molecule has 1 aliphatic rings. The number of hydrogen-bond acceptors (Lipinski definition) is 3. The first-order valence-electron chi connectivity index (χ1n) is 8.31. The normalized spacial score (nSPS) is 20.1. The van der Waals surface area contributed by atoms with Crippen molar-refractivity contribution in [3.05, 3.63) is 21.3 Å². The highest BCUT2D eigenvalue weighted by molar-refractivity contribution is 7.16. The summed E-state index contributed by atoms with van der Waals surface area (Å²) >= 11 is 7.79. The molecule has 2 rings (SSSR count). The number of hydrogen-bond donors (Lipinski definition) is 1. The van der Waals surface area contributed by atoms with Gasteiger partial charge in [0, 0.05) is 17.5 Å². The maximum Gasteiger partial charge on any atom is 0.0931 e. The molecule has 21 heavy (non-hydrogen) atoms. The summed E-state index contributed by atoms with van der Waals surface area (Å²) in [5.41, 5.74) is -0.00226. The fourth-order valence-corrected chi connectivity index (χ4v) is 4.69. The second-order valence-electron chi connectivity index (χ2n) is 5.93. The first-order chi connectivity index (χ1) is 10.2. The molecular weight excluding hydrogens is 302 g/mol. The van der Waals surface area contributed by atoms with Crippen LogP contribution in [0.15, 0.2) is 12.1 Å². The van der Waals surface area contributed by atoms with Crippen molar-refractivity contribution in [3.8, 4) is 0 Å². The molecule has 0 aliphatic heterocycles.